The number of fused-ring (bicyclic) bond motifs is 1. The lowest BCUT2D eigenvalue weighted by Crippen LogP contribution is -2.29. The fraction of sp³-hybridized carbons (Fsp3) is 0.267. The molecule has 1 N–H and O–H groups in total. The summed E-state index contributed by atoms with van der Waals surface area (Å²) in [5.74, 6) is -0.829. The van der Waals surface area contributed by atoms with Gasteiger partial charge in [0.05, 0.1) is 0 Å². The first-order valence-corrected chi connectivity index (χ1v) is 7.19. The first-order chi connectivity index (χ1) is 9.16. The fourth-order valence-electron chi connectivity index (χ4n) is 2.70. The smallest absolute Gasteiger partial charge is 0.346 e. The highest BCUT2D eigenvalue weighted by Gasteiger charge is 2.26. The van der Waals surface area contributed by atoms with Crippen LogP contribution in [0.1, 0.15) is 27.7 Å². The number of hydrogen-bond acceptors (Lipinski definition) is 3. The summed E-state index contributed by atoms with van der Waals surface area (Å²) in [7, 11) is 0. The molecule has 0 aliphatic carbocycles. The molecule has 0 spiro atoms. The van der Waals surface area contributed by atoms with Crippen LogP contribution in [0.2, 0.25) is 0 Å². The van der Waals surface area contributed by atoms with Crippen LogP contribution in [-0.4, -0.2) is 17.1 Å². The van der Waals surface area contributed by atoms with Crippen molar-refractivity contribution >= 4 is 23.0 Å². The molecule has 1 aromatic carbocycles. The van der Waals surface area contributed by atoms with Crippen LogP contribution < -0.4 is 4.90 Å². The quantitative estimate of drug-likeness (QED) is 0.931. The Morgan fingerprint density at radius 3 is 3.00 bits per heavy atom. The van der Waals surface area contributed by atoms with Gasteiger partial charge in [-0.3, -0.25) is 0 Å². The van der Waals surface area contributed by atoms with E-state index < -0.39 is 5.97 Å². The molecule has 1 aliphatic heterocycles. The Labute approximate surface area is 116 Å². The van der Waals surface area contributed by atoms with E-state index in [1.54, 1.807) is 0 Å². The molecule has 1 aliphatic rings. The number of aromatic carboxylic acids is 1. The van der Waals surface area contributed by atoms with Gasteiger partial charge in [-0.25, -0.2) is 4.79 Å². The number of benzene rings is 1. The van der Waals surface area contributed by atoms with Gasteiger partial charge in [-0.05, 0) is 42.0 Å². The minimum Gasteiger partial charge on any atom is -0.477 e. The molecule has 0 radical (unpaired) electrons. The minimum absolute atomic E-state index is 0.416. The Morgan fingerprint density at radius 1 is 1.42 bits per heavy atom. The third-order valence-electron chi connectivity index (χ3n) is 3.63. The normalized spacial score (nSPS) is 17.5. The van der Waals surface area contributed by atoms with Crippen molar-refractivity contribution in [1.29, 1.82) is 0 Å². The fourth-order valence-corrected chi connectivity index (χ4v) is 3.46. The zero-order valence-electron chi connectivity index (χ0n) is 10.7. The summed E-state index contributed by atoms with van der Waals surface area (Å²) in [4.78, 5) is 13.9. The minimum atomic E-state index is -0.829. The number of para-hydroxylation sites is 1. The van der Waals surface area contributed by atoms with E-state index in [1.165, 1.54) is 22.6 Å². The second-order valence-electron chi connectivity index (χ2n) is 4.89. The lowest BCUT2D eigenvalue weighted by atomic mass is 10.1. The molecule has 0 saturated heterocycles. The van der Waals surface area contributed by atoms with Crippen molar-refractivity contribution in [3.63, 3.8) is 0 Å². The SMILES string of the molecule is CC1Cc2ccccc2N1Cc1ccsc1C(=O)O. The Kier molecular flexibility index (Phi) is 3.03. The number of nitrogens with zero attached hydrogens (tertiary/aromatic N) is 1. The van der Waals surface area contributed by atoms with E-state index in [2.05, 4.69) is 30.0 Å². The molecule has 3 rings (SSSR count). The van der Waals surface area contributed by atoms with E-state index in [-0.39, 0.29) is 0 Å². The van der Waals surface area contributed by atoms with Crippen LogP contribution in [0.25, 0.3) is 0 Å². The number of carboxylic acid groups (broad SMARTS) is 1. The van der Waals surface area contributed by atoms with Crippen molar-refractivity contribution in [2.24, 2.45) is 0 Å². The van der Waals surface area contributed by atoms with Crippen LogP contribution in [-0.2, 0) is 13.0 Å². The molecule has 0 saturated carbocycles. The molecule has 1 atom stereocenters. The Bertz CT molecular complexity index is 620. The molecule has 98 valence electrons. The van der Waals surface area contributed by atoms with Crippen molar-refractivity contribution in [3.8, 4) is 0 Å². The first-order valence-electron chi connectivity index (χ1n) is 6.31. The summed E-state index contributed by atoms with van der Waals surface area (Å²) < 4.78 is 0. The molecule has 0 amide bonds. The zero-order valence-corrected chi connectivity index (χ0v) is 11.5. The number of anilines is 1. The summed E-state index contributed by atoms with van der Waals surface area (Å²) in [5.41, 5.74) is 3.49. The van der Waals surface area contributed by atoms with E-state index in [1.807, 2.05) is 17.5 Å². The molecule has 0 bridgehead atoms. The molecular formula is C15H15NO2S. The zero-order chi connectivity index (χ0) is 13.4. The summed E-state index contributed by atoms with van der Waals surface area (Å²) in [6.45, 7) is 2.86. The molecule has 3 nitrogen and oxygen atoms in total. The highest BCUT2D eigenvalue weighted by molar-refractivity contribution is 7.12. The van der Waals surface area contributed by atoms with E-state index >= 15 is 0 Å². The third kappa shape index (κ3) is 2.12. The van der Waals surface area contributed by atoms with E-state index in [9.17, 15) is 9.90 Å². The van der Waals surface area contributed by atoms with Crippen LogP contribution in [0, 0.1) is 0 Å². The van der Waals surface area contributed by atoms with Crippen molar-refractivity contribution in [2.75, 3.05) is 4.90 Å². The predicted octanol–water partition coefficient (Wildman–Crippen LogP) is 3.40. The van der Waals surface area contributed by atoms with Gasteiger partial charge < -0.3 is 10.0 Å². The molecule has 0 fully saturated rings. The van der Waals surface area contributed by atoms with Crippen LogP contribution in [0.5, 0.6) is 0 Å². The van der Waals surface area contributed by atoms with Gasteiger partial charge in [0.1, 0.15) is 4.88 Å². The number of rotatable bonds is 3. The maximum atomic E-state index is 11.2. The number of thiophene rings is 1. The van der Waals surface area contributed by atoms with Gasteiger partial charge >= 0.3 is 5.97 Å². The summed E-state index contributed by atoms with van der Waals surface area (Å²) >= 11 is 1.30. The lowest BCUT2D eigenvalue weighted by Gasteiger charge is -2.24. The second kappa shape index (κ2) is 4.70. The largest absolute Gasteiger partial charge is 0.477 e. The topological polar surface area (TPSA) is 40.5 Å². The summed E-state index contributed by atoms with van der Waals surface area (Å²) in [5, 5.41) is 11.0. The van der Waals surface area contributed by atoms with Gasteiger partial charge in [0.25, 0.3) is 0 Å². The number of hydrogen-bond donors (Lipinski definition) is 1. The van der Waals surface area contributed by atoms with E-state index in [4.69, 9.17) is 0 Å². The van der Waals surface area contributed by atoms with Crippen molar-refractivity contribution in [2.45, 2.75) is 25.9 Å². The summed E-state index contributed by atoms with van der Waals surface area (Å²) in [6, 6.07) is 10.7. The maximum absolute atomic E-state index is 11.2. The summed E-state index contributed by atoms with van der Waals surface area (Å²) in [6.07, 6.45) is 1.03. The van der Waals surface area contributed by atoms with Crippen LogP contribution in [0.15, 0.2) is 35.7 Å². The molecule has 2 aromatic rings. The van der Waals surface area contributed by atoms with Gasteiger partial charge in [-0.2, -0.15) is 0 Å². The van der Waals surface area contributed by atoms with E-state index in [0.29, 0.717) is 17.5 Å². The van der Waals surface area contributed by atoms with Crippen molar-refractivity contribution in [1.82, 2.24) is 0 Å². The van der Waals surface area contributed by atoms with Crippen LogP contribution in [0.4, 0.5) is 5.69 Å². The van der Waals surface area contributed by atoms with Crippen LogP contribution in [0.3, 0.4) is 0 Å². The van der Waals surface area contributed by atoms with Gasteiger partial charge in [-0.1, -0.05) is 18.2 Å². The highest BCUT2D eigenvalue weighted by atomic mass is 32.1. The highest BCUT2D eigenvalue weighted by Crippen LogP contribution is 2.34. The van der Waals surface area contributed by atoms with Gasteiger partial charge in [0.2, 0.25) is 0 Å². The van der Waals surface area contributed by atoms with Crippen molar-refractivity contribution in [3.05, 3.63) is 51.7 Å². The lowest BCUT2D eigenvalue weighted by molar-refractivity contribution is 0.0701. The van der Waals surface area contributed by atoms with Crippen LogP contribution >= 0.6 is 11.3 Å². The average Bonchev–Trinajstić information content (AvgIpc) is 2.96. The standard InChI is InChI=1S/C15H15NO2S/c1-10-8-11-4-2-3-5-13(11)16(10)9-12-6-7-19-14(12)15(17)18/h2-7,10H,8-9H2,1H3,(H,17,18). The maximum Gasteiger partial charge on any atom is 0.346 e. The second-order valence-corrected chi connectivity index (χ2v) is 5.81. The number of carboxylic acids is 1. The van der Waals surface area contributed by atoms with E-state index in [0.717, 1.165) is 12.0 Å². The Morgan fingerprint density at radius 2 is 2.21 bits per heavy atom. The molecule has 2 heterocycles. The molecule has 4 heteroatoms. The Balaban J connectivity index is 1.91. The monoisotopic (exact) mass is 273 g/mol. The first kappa shape index (κ1) is 12.2. The van der Waals surface area contributed by atoms with Gasteiger partial charge in [-0.15, -0.1) is 11.3 Å². The average molecular weight is 273 g/mol. The van der Waals surface area contributed by atoms with Gasteiger partial charge in [0.15, 0.2) is 0 Å². The predicted molar refractivity (Wildman–Crippen MR) is 77.1 cm³/mol. The molecule has 19 heavy (non-hydrogen) atoms. The van der Waals surface area contributed by atoms with Gasteiger partial charge in [0, 0.05) is 18.3 Å². The third-order valence-corrected chi connectivity index (χ3v) is 4.57. The molecular weight excluding hydrogens is 258 g/mol. The van der Waals surface area contributed by atoms with Crippen molar-refractivity contribution < 1.29 is 9.90 Å². The number of carbonyl (C=O) groups is 1. The molecule has 1 aromatic heterocycles. The Hall–Kier alpha value is -1.81. The molecule has 1 unspecified atom stereocenters.